The van der Waals surface area contributed by atoms with Crippen LogP contribution in [0.25, 0.3) is 0 Å². The fourth-order valence-corrected chi connectivity index (χ4v) is 4.15. The number of nitrogens with zero attached hydrogens (tertiary/aromatic N) is 1. The monoisotopic (exact) mass is 287 g/mol. The van der Waals surface area contributed by atoms with Crippen molar-refractivity contribution in [3.8, 4) is 0 Å². The lowest BCUT2D eigenvalue weighted by atomic mass is 9.84. The van der Waals surface area contributed by atoms with Gasteiger partial charge in [-0.25, -0.2) is 4.98 Å². The van der Waals surface area contributed by atoms with Gasteiger partial charge in [0.1, 0.15) is 5.82 Å². The van der Waals surface area contributed by atoms with Crippen LogP contribution >= 0.6 is 0 Å². The van der Waals surface area contributed by atoms with Crippen molar-refractivity contribution in [3.63, 3.8) is 0 Å². The van der Waals surface area contributed by atoms with E-state index in [-0.39, 0.29) is 11.9 Å². The predicted octanol–water partition coefficient (Wildman–Crippen LogP) is 3.07. The largest absolute Gasteiger partial charge is 0.370 e. The second kappa shape index (κ2) is 6.04. The Morgan fingerprint density at radius 1 is 1.43 bits per heavy atom. The van der Waals surface area contributed by atoms with Crippen LogP contribution in [0, 0.1) is 17.8 Å². The zero-order valence-electron chi connectivity index (χ0n) is 12.9. The summed E-state index contributed by atoms with van der Waals surface area (Å²) in [5.74, 6) is 3.20. The second-order valence-corrected chi connectivity index (χ2v) is 6.56. The van der Waals surface area contributed by atoms with Crippen LogP contribution in [-0.2, 0) is 0 Å². The fourth-order valence-electron chi connectivity index (χ4n) is 4.15. The first-order valence-electron chi connectivity index (χ1n) is 8.18. The first-order chi connectivity index (χ1) is 10.2. The van der Waals surface area contributed by atoms with Gasteiger partial charge in [0.2, 0.25) is 0 Å². The summed E-state index contributed by atoms with van der Waals surface area (Å²) in [5, 5.41) is 6.34. The number of fused-ring (bicyclic) bond motifs is 2. The maximum atomic E-state index is 12.4. The maximum Gasteiger partial charge on any atom is 0.251 e. The number of hydrogen-bond donors (Lipinski definition) is 2. The Balaban J connectivity index is 1.61. The number of rotatable bonds is 5. The van der Waals surface area contributed by atoms with Crippen LogP contribution in [0.3, 0.4) is 0 Å². The minimum Gasteiger partial charge on any atom is -0.370 e. The molecule has 4 atom stereocenters. The van der Waals surface area contributed by atoms with Crippen molar-refractivity contribution in [1.82, 2.24) is 10.3 Å². The number of carbonyl (C=O) groups excluding carboxylic acids is 1. The SMILES string of the molecule is CCNc1cc(C(=O)NC(C)C2CC3CCC2C3)ccn1. The molecular weight excluding hydrogens is 262 g/mol. The number of aromatic nitrogens is 1. The van der Waals surface area contributed by atoms with Crippen molar-refractivity contribution in [2.24, 2.45) is 17.8 Å². The Labute approximate surface area is 126 Å². The standard InChI is InChI=1S/C17H25N3O/c1-3-18-16-10-14(6-7-19-16)17(21)20-11(2)15-9-12-4-5-13(15)8-12/h6-7,10-13,15H,3-5,8-9H2,1-2H3,(H,18,19)(H,20,21). The van der Waals surface area contributed by atoms with Crippen molar-refractivity contribution >= 4 is 11.7 Å². The van der Waals surface area contributed by atoms with Gasteiger partial charge in [0, 0.05) is 24.3 Å². The minimum atomic E-state index is 0.0202. The Morgan fingerprint density at radius 2 is 2.29 bits per heavy atom. The third kappa shape index (κ3) is 3.04. The van der Waals surface area contributed by atoms with E-state index in [0.717, 1.165) is 24.2 Å². The van der Waals surface area contributed by atoms with E-state index in [1.165, 1.54) is 25.7 Å². The van der Waals surface area contributed by atoms with E-state index in [2.05, 4.69) is 22.5 Å². The fraction of sp³-hybridized carbons (Fsp3) is 0.647. The molecule has 1 aromatic rings. The summed E-state index contributed by atoms with van der Waals surface area (Å²) in [4.78, 5) is 16.6. The van der Waals surface area contributed by atoms with E-state index in [1.54, 1.807) is 12.3 Å². The van der Waals surface area contributed by atoms with Crippen LogP contribution in [0.15, 0.2) is 18.3 Å². The van der Waals surface area contributed by atoms with Gasteiger partial charge < -0.3 is 10.6 Å². The molecule has 114 valence electrons. The molecule has 1 heterocycles. The van der Waals surface area contributed by atoms with E-state index >= 15 is 0 Å². The highest BCUT2D eigenvalue weighted by molar-refractivity contribution is 5.95. The molecule has 4 nitrogen and oxygen atoms in total. The van der Waals surface area contributed by atoms with Gasteiger partial charge in [0.25, 0.3) is 5.91 Å². The summed E-state index contributed by atoms with van der Waals surface area (Å²) >= 11 is 0. The highest BCUT2D eigenvalue weighted by atomic mass is 16.1. The average molecular weight is 287 g/mol. The van der Waals surface area contributed by atoms with Gasteiger partial charge in [-0.2, -0.15) is 0 Å². The molecule has 0 aliphatic heterocycles. The van der Waals surface area contributed by atoms with E-state index in [4.69, 9.17) is 0 Å². The molecule has 1 aromatic heterocycles. The average Bonchev–Trinajstić information content (AvgIpc) is 3.10. The molecule has 2 bridgehead atoms. The quantitative estimate of drug-likeness (QED) is 0.875. The summed E-state index contributed by atoms with van der Waals surface area (Å²) in [7, 11) is 0. The van der Waals surface area contributed by atoms with E-state index in [1.807, 2.05) is 13.0 Å². The molecule has 2 N–H and O–H groups in total. The van der Waals surface area contributed by atoms with Crippen LogP contribution < -0.4 is 10.6 Å². The maximum absolute atomic E-state index is 12.4. The molecule has 0 radical (unpaired) electrons. The number of hydrogen-bond acceptors (Lipinski definition) is 3. The van der Waals surface area contributed by atoms with Crippen LogP contribution in [0.1, 0.15) is 49.9 Å². The van der Waals surface area contributed by atoms with Gasteiger partial charge in [0.15, 0.2) is 0 Å². The van der Waals surface area contributed by atoms with Gasteiger partial charge in [0.05, 0.1) is 0 Å². The molecule has 0 saturated heterocycles. The molecule has 4 unspecified atom stereocenters. The van der Waals surface area contributed by atoms with Crippen molar-refractivity contribution in [3.05, 3.63) is 23.9 Å². The third-order valence-corrected chi connectivity index (χ3v) is 5.17. The van der Waals surface area contributed by atoms with E-state index in [0.29, 0.717) is 11.5 Å². The Hall–Kier alpha value is -1.58. The minimum absolute atomic E-state index is 0.0202. The molecule has 21 heavy (non-hydrogen) atoms. The van der Waals surface area contributed by atoms with Crippen LogP contribution in [-0.4, -0.2) is 23.5 Å². The first-order valence-corrected chi connectivity index (χ1v) is 8.18. The smallest absolute Gasteiger partial charge is 0.251 e. The first kappa shape index (κ1) is 14.4. The Kier molecular flexibility index (Phi) is 4.13. The molecule has 2 aliphatic carbocycles. The lowest BCUT2D eigenvalue weighted by molar-refractivity contribution is 0.0915. The van der Waals surface area contributed by atoms with Crippen molar-refractivity contribution < 1.29 is 4.79 Å². The topological polar surface area (TPSA) is 54.0 Å². The molecular formula is C17H25N3O. The van der Waals surface area contributed by atoms with Crippen molar-refractivity contribution in [1.29, 1.82) is 0 Å². The van der Waals surface area contributed by atoms with Gasteiger partial charge >= 0.3 is 0 Å². The van der Waals surface area contributed by atoms with Gasteiger partial charge in [-0.15, -0.1) is 0 Å². The lowest BCUT2D eigenvalue weighted by Crippen LogP contribution is -2.40. The van der Waals surface area contributed by atoms with Gasteiger partial charge in [-0.05, 0) is 63.0 Å². The van der Waals surface area contributed by atoms with Crippen molar-refractivity contribution in [2.45, 2.75) is 45.6 Å². The highest BCUT2D eigenvalue weighted by Crippen LogP contribution is 2.49. The summed E-state index contributed by atoms with van der Waals surface area (Å²) in [6.45, 7) is 4.99. The summed E-state index contributed by atoms with van der Waals surface area (Å²) in [6, 6.07) is 3.87. The normalized spacial score (nSPS) is 28.4. The lowest BCUT2D eigenvalue weighted by Gasteiger charge is -2.28. The number of carbonyl (C=O) groups is 1. The molecule has 3 rings (SSSR count). The zero-order valence-corrected chi connectivity index (χ0v) is 12.9. The molecule has 0 aromatic carbocycles. The summed E-state index contributed by atoms with van der Waals surface area (Å²) in [5.41, 5.74) is 0.691. The number of nitrogens with one attached hydrogen (secondary N) is 2. The summed E-state index contributed by atoms with van der Waals surface area (Å²) in [6.07, 6.45) is 7.12. The molecule has 4 heteroatoms. The highest BCUT2D eigenvalue weighted by Gasteiger charge is 2.42. The van der Waals surface area contributed by atoms with E-state index in [9.17, 15) is 4.79 Å². The van der Waals surface area contributed by atoms with Crippen LogP contribution in [0.4, 0.5) is 5.82 Å². The summed E-state index contributed by atoms with van der Waals surface area (Å²) < 4.78 is 0. The molecule has 1 amide bonds. The molecule has 0 spiro atoms. The van der Waals surface area contributed by atoms with Crippen LogP contribution in [0.5, 0.6) is 0 Å². The van der Waals surface area contributed by atoms with Crippen molar-refractivity contribution in [2.75, 3.05) is 11.9 Å². The van der Waals surface area contributed by atoms with Crippen LogP contribution in [0.2, 0.25) is 0 Å². The Morgan fingerprint density at radius 3 is 2.95 bits per heavy atom. The van der Waals surface area contributed by atoms with E-state index < -0.39 is 0 Å². The molecule has 2 aliphatic rings. The predicted molar refractivity (Wildman–Crippen MR) is 84.3 cm³/mol. The molecule has 2 saturated carbocycles. The number of anilines is 1. The van der Waals surface area contributed by atoms with Gasteiger partial charge in [-0.3, -0.25) is 4.79 Å². The number of pyridine rings is 1. The van der Waals surface area contributed by atoms with Gasteiger partial charge in [-0.1, -0.05) is 6.42 Å². The second-order valence-electron chi connectivity index (χ2n) is 6.56. The zero-order chi connectivity index (χ0) is 14.8. The third-order valence-electron chi connectivity index (χ3n) is 5.17. The number of amides is 1. The Bertz CT molecular complexity index is 517. The molecule has 2 fully saturated rings.